The van der Waals surface area contributed by atoms with E-state index in [0.29, 0.717) is 19.6 Å². The maximum atomic E-state index is 11.9. The highest BCUT2D eigenvalue weighted by Crippen LogP contribution is 2.26. The first-order valence-corrected chi connectivity index (χ1v) is 5.99. The van der Waals surface area contributed by atoms with Gasteiger partial charge >= 0.3 is 6.09 Å². The number of rotatable bonds is 2. The largest absolute Gasteiger partial charge is 0.444 e. The molecule has 0 unspecified atom stereocenters. The van der Waals surface area contributed by atoms with Gasteiger partial charge in [0.25, 0.3) is 0 Å². The second kappa shape index (κ2) is 4.61. The van der Waals surface area contributed by atoms with E-state index in [1.807, 2.05) is 27.8 Å². The first-order valence-electron chi connectivity index (χ1n) is 5.99. The molecule has 6 heteroatoms. The number of fused-ring (bicyclic) bond motifs is 1. The normalized spacial score (nSPS) is 14.8. The van der Waals surface area contributed by atoms with Gasteiger partial charge in [0, 0.05) is 5.56 Å². The van der Waals surface area contributed by atoms with Gasteiger partial charge in [-0.2, -0.15) is 0 Å². The zero-order chi connectivity index (χ0) is 13.3. The van der Waals surface area contributed by atoms with Crippen molar-refractivity contribution in [2.45, 2.75) is 46.0 Å². The van der Waals surface area contributed by atoms with Crippen molar-refractivity contribution in [2.24, 2.45) is 0 Å². The van der Waals surface area contributed by atoms with Crippen LogP contribution in [0.15, 0.2) is 4.52 Å². The molecule has 0 atom stereocenters. The van der Waals surface area contributed by atoms with Gasteiger partial charge in [-0.05, 0) is 27.8 Å². The molecule has 100 valence electrons. The van der Waals surface area contributed by atoms with E-state index >= 15 is 0 Å². The third-order valence-corrected chi connectivity index (χ3v) is 2.63. The summed E-state index contributed by atoms with van der Waals surface area (Å²) in [6, 6.07) is 0. The molecule has 18 heavy (non-hydrogen) atoms. The van der Waals surface area contributed by atoms with E-state index in [9.17, 15) is 4.79 Å². The average Bonchev–Trinajstić information content (AvgIpc) is 2.77. The summed E-state index contributed by atoms with van der Waals surface area (Å²) in [7, 11) is 1.84. The molecule has 0 radical (unpaired) electrons. The standard InChI is InChI=1S/C12H19N3O3/c1-12(2,3)17-11(16)15-6-8-9(7-15)14-18-10(8)5-13-4/h13H,5-7H2,1-4H3. The van der Waals surface area contributed by atoms with Crippen LogP contribution in [0.4, 0.5) is 4.79 Å². The van der Waals surface area contributed by atoms with Crippen molar-refractivity contribution >= 4 is 6.09 Å². The zero-order valence-corrected chi connectivity index (χ0v) is 11.2. The molecule has 0 fully saturated rings. The molecule has 0 spiro atoms. The van der Waals surface area contributed by atoms with Crippen molar-refractivity contribution in [2.75, 3.05) is 7.05 Å². The van der Waals surface area contributed by atoms with Crippen molar-refractivity contribution < 1.29 is 14.1 Å². The van der Waals surface area contributed by atoms with E-state index in [4.69, 9.17) is 9.26 Å². The summed E-state index contributed by atoms with van der Waals surface area (Å²) >= 11 is 0. The minimum absolute atomic E-state index is 0.309. The molecule has 0 aliphatic carbocycles. The molecule has 6 nitrogen and oxygen atoms in total. The van der Waals surface area contributed by atoms with Crippen LogP contribution in [0.5, 0.6) is 0 Å². The topological polar surface area (TPSA) is 67.6 Å². The van der Waals surface area contributed by atoms with Crippen molar-refractivity contribution in [3.8, 4) is 0 Å². The Hall–Kier alpha value is -1.56. The lowest BCUT2D eigenvalue weighted by Crippen LogP contribution is -2.33. The molecule has 0 aromatic carbocycles. The summed E-state index contributed by atoms with van der Waals surface area (Å²) in [5, 5.41) is 6.99. The summed E-state index contributed by atoms with van der Waals surface area (Å²) < 4.78 is 10.6. The summed E-state index contributed by atoms with van der Waals surface area (Å²) in [6.45, 7) is 7.14. The van der Waals surface area contributed by atoms with Crippen LogP contribution in [-0.4, -0.2) is 28.8 Å². The Morgan fingerprint density at radius 2 is 2.22 bits per heavy atom. The van der Waals surface area contributed by atoms with Crippen molar-refractivity contribution in [3.05, 3.63) is 17.0 Å². The zero-order valence-electron chi connectivity index (χ0n) is 11.2. The molecular formula is C12H19N3O3. The van der Waals surface area contributed by atoms with Crippen molar-refractivity contribution in [1.82, 2.24) is 15.4 Å². The Kier molecular flexibility index (Phi) is 3.30. The molecule has 2 heterocycles. The number of hydrogen-bond acceptors (Lipinski definition) is 5. The molecule has 1 N–H and O–H groups in total. The van der Waals surface area contributed by atoms with Crippen molar-refractivity contribution in [3.63, 3.8) is 0 Å². The minimum atomic E-state index is -0.477. The first-order chi connectivity index (χ1) is 8.40. The summed E-state index contributed by atoms with van der Waals surface area (Å²) in [5.41, 5.74) is 1.34. The van der Waals surface area contributed by atoms with E-state index in [0.717, 1.165) is 17.0 Å². The van der Waals surface area contributed by atoms with Crippen LogP contribution in [0.1, 0.15) is 37.8 Å². The van der Waals surface area contributed by atoms with E-state index in [1.54, 1.807) is 4.90 Å². The molecule has 0 saturated heterocycles. The third kappa shape index (κ3) is 2.64. The van der Waals surface area contributed by atoms with Gasteiger partial charge in [-0.15, -0.1) is 0 Å². The third-order valence-electron chi connectivity index (χ3n) is 2.63. The Bertz CT molecular complexity index is 448. The van der Waals surface area contributed by atoms with Gasteiger partial charge in [-0.1, -0.05) is 5.16 Å². The van der Waals surface area contributed by atoms with Crippen LogP contribution in [-0.2, 0) is 24.4 Å². The quantitative estimate of drug-likeness (QED) is 0.868. The highest BCUT2D eigenvalue weighted by Gasteiger charge is 2.32. The predicted octanol–water partition coefficient (Wildman–Crippen LogP) is 1.64. The molecule has 1 aliphatic rings. The van der Waals surface area contributed by atoms with Crippen molar-refractivity contribution in [1.29, 1.82) is 0 Å². The number of ether oxygens (including phenoxy) is 1. The van der Waals surface area contributed by atoms with Gasteiger partial charge < -0.3 is 14.6 Å². The van der Waals surface area contributed by atoms with E-state index in [2.05, 4.69) is 10.5 Å². The van der Waals surface area contributed by atoms with Gasteiger partial charge in [0.15, 0.2) is 5.76 Å². The average molecular weight is 253 g/mol. The lowest BCUT2D eigenvalue weighted by Gasteiger charge is -2.24. The second-order valence-electron chi connectivity index (χ2n) is 5.40. The predicted molar refractivity (Wildman–Crippen MR) is 64.7 cm³/mol. The molecular weight excluding hydrogens is 234 g/mol. The van der Waals surface area contributed by atoms with Gasteiger partial charge in [0.2, 0.25) is 0 Å². The maximum Gasteiger partial charge on any atom is 0.410 e. The van der Waals surface area contributed by atoms with Gasteiger partial charge in [-0.3, -0.25) is 4.90 Å². The van der Waals surface area contributed by atoms with Crippen LogP contribution in [0.2, 0.25) is 0 Å². The van der Waals surface area contributed by atoms with E-state index in [1.165, 1.54) is 0 Å². The second-order valence-corrected chi connectivity index (χ2v) is 5.40. The number of carbonyl (C=O) groups excluding carboxylic acids is 1. The summed E-state index contributed by atoms with van der Waals surface area (Å²) in [6.07, 6.45) is -0.309. The highest BCUT2D eigenvalue weighted by atomic mass is 16.6. The Morgan fingerprint density at radius 1 is 1.50 bits per heavy atom. The Morgan fingerprint density at radius 3 is 2.83 bits per heavy atom. The van der Waals surface area contributed by atoms with Gasteiger partial charge in [0.05, 0.1) is 19.6 Å². The molecule has 1 amide bonds. The number of nitrogens with one attached hydrogen (secondary N) is 1. The summed E-state index contributed by atoms with van der Waals surface area (Å²) in [5.74, 6) is 0.790. The SMILES string of the molecule is CNCc1onc2c1CN(C(=O)OC(C)(C)C)C2. The fourth-order valence-electron chi connectivity index (χ4n) is 1.87. The number of amides is 1. The minimum Gasteiger partial charge on any atom is -0.444 e. The van der Waals surface area contributed by atoms with E-state index in [-0.39, 0.29) is 6.09 Å². The van der Waals surface area contributed by atoms with Crippen LogP contribution in [0.25, 0.3) is 0 Å². The molecule has 0 saturated carbocycles. The van der Waals surface area contributed by atoms with Gasteiger partial charge in [-0.25, -0.2) is 4.79 Å². The monoisotopic (exact) mass is 253 g/mol. The number of nitrogens with zero attached hydrogens (tertiary/aromatic N) is 2. The maximum absolute atomic E-state index is 11.9. The molecule has 1 aromatic heterocycles. The van der Waals surface area contributed by atoms with Gasteiger partial charge in [0.1, 0.15) is 11.3 Å². The Labute approximate surface area is 106 Å². The number of hydrogen-bond donors (Lipinski definition) is 1. The van der Waals surface area contributed by atoms with E-state index < -0.39 is 5.60 Å². The number of aromatic nitrogens is 1. The van der Waals surface area contributed by atoms with Crippen LogP contribution < -0.4 is 5.32 Å². The van der Waals surface area contributed by atoms with Crippen LogP contribution >= 0.6 is 0 Å². The fourth-order valence-corrected chi connectivity index (χ4v) is 1.87. The smallest absolute Gasteiger partial charge is 0.410 e. The number of carbonyl (C=O) groups is 1. The molecule has 1 aliphatic heterocycles. The lowest BCUT2D eigenvalue weighted by molar-refractivity contribution is 0.0236. The summed E-state index contributed by atoms with van der Waals surface area (Å²) in [4.78, 5) is 13.6. The first kappa shape index (κ1) is 12.9. The van der Waals surface area contributed by atoms with Crippen LogP contribution in [0, 0.1) is 0 Å². The highest BCUT2D eigenvalue weighted by molar-refractivity contribution is 5.69. The molecule has 0 bridgehead atoms. The van der Waals surface area contributed by atoms with Crippen LogP contribution in [0.3, 0.4) is 0 Å². The molecule has 2 rings (SSSR count). The molecule has 1 aromatic rings. The lowest BCUT2D eigenvalue weighted by atomic mass is 10.2. The Balaban J connectivity index is 2.03. The fraction of sp³-hybridized carbons (Fsp3) is 0.667.